The number of carbonyl (C=O) groups is 1. The van der Waals surface area contributed by atoms with Crippen LogP contribution in [0.2, 0.25) is 5.15 Å². The fourth-order valence-electron chi connectivity index (χ4n) is 1.65. The van der Waals surface area contributed by atoms with Gasteiger partial charge >= 0.3 is 0 Å². The summed E-state index contributed by atoms with van der Waals surface area (Å²) >= 11 is 5.96. The minimum Gasteiger partial charge on any atom is -0.385 e. The van der Waals surface area contributed by atoms with Gasteiger partial charge in [-0.1, -0.05) is 35.9 Å². The average molecular weight is 301 g/mol. The smallest absolute Gasteiger partial charge is 0.270 e. The Balaban J connectivity index is 2.18. The molecule has 2 aromatic rings. The predicted octanol–water partition coefficient (Wildman–Crippen LogP) is 2.24. The molecule has 2 rings (SSSR count). The standard InChI is InChI=1S/C13H11ClF2N2O2/c14-11-8-4-2-1-3-7(8)5-9(18-11)13(20)17-6-10(19)12(15)16/h1-5,10,12,19H,6H2,(H,17,20). The second-order valence-corrected chi connectivity index (χ2v) is 4.49. The lowest BCUT2D eigenvalue weighted by Gasteiger charge is -2.11. The van der Waals surface area contributed by atoms with E-state index in [2.05, 4.69) is 10.3 Å². The zero-order valence-corrected chi connectivity index (χ0v) is 10.9. The Morgan fingerprint density at radius 2 is 2.10 bits per heavy atom. The molecule has 2 N–H and O–H groups in total. The van der Waals surface area contributed by atoms with Crippen LogP contribution in [0, 0.1) is 0 Å². The summed E-state index contributed by atoms with van der Waals surface area (Å²) in [5.74, 6) is -0.669. The van der Waals surface area contributed by atoms with E-state index >= 15 is 0 Å². The second kappa shape index (κ2) is 6.11. The van der Waals surface area contributed by atoms with Gasteiger partial charge < -0.3 is 10.4 Å². The van der Waals surface area contributed by atoms with Gasteiger partial charge in [0.1, 0.15) is 17.0 Å². The third-order valence-corrected chi connectivity index (χ3v) is 2.98. The van der Waals surface area contributed by atoms with E-state index in [1.54, 1.807) is 24.3 Å². The number of fused-ring (bicyclic) bond motifs is 1. The number of nitrogens with zero attached hydrogens (tertiary/aromatic N) is 1. The maximum absolute atomic E-state index is 12.1. The summed E-state index contributed by atoms with van der Waals surface area (Å²) in [6, 6.07) is 8.58. The highest BCUT2D eigenvalue weighted by Crippen LogP contribution is 2.22. The predicted molar refractivity (Wildman–Crippen MR) is 71.1 cm³/mol. The molecule has 1 atom stereocenters. The number of aromatic nitrogens is 1. The molecule has 1 heterocycles. The van der Waals surface area contributed by atoms with Crippen LogP contribution in [0.5, 0.6) is 0 Å². The fourth-order valence-corrected chi connectivity index (χ4v) is 1.91. The highest BCUT2D eigenvalue weighted by molar-refractivity contribution is 6.34. The molecule has 1 unspecified atom stereocenters. The van der Waals surface area contributed by atoms with Crippen molar-refractivity contribution in [2.45, 2.75) is 12.5 Å². The minimum atomic E-state index is -2.91. The molecular formula is C13H11ClF2N2O2. The average Bonchev–Trinajstić information content (AvgIpc) is 2.44. The van der Waals surface area contributed by atoms with E-state index in [-0.39, 0.29) is 10.8 Å². The molecule has 7 heteroatoms. The number of halogens is 3. The van der Waals surface area contributed by atoms with E-state index in [0.29, 0.717) is 10.8 Å². The SMILES string of the molecule is O=C(NCC(O)C(F)F)c1cc2ccccc2c(Cl)n1. The third-order valence-electron chi connectivity index (χ3n) is 2.69. The molecule has 1 aromatic carbocycles. The van der Waals surface area contributed by atoms with E-state index in [4.69, 9.17) is 16.7 Å². The number of benzene rings is 1. The minimum absolute atomic E-state index is 0.00941. The lowest BCUT2D eigenvalue weighted by molar-refractivity contribution is -0.00272. The summed E-state index contributed by atoms with van der Waals surface area (Å²) < 4.78 is 24.2. The summed E-state index contributed by atoms with van der Waals surface area (Å²) in [4.78, 5) is 15.7. The van der Waals surface area contributed by atoms with Crippen LogP contribution in [0.1, 0.15) is 10.5 Å². The molecule has 1 amide bonds. The number of pyridine rings is 1. The molecule has 1 aromatic heterocycles. The summed E-state index contributed by atoms with van der Waals surface area (Å²) in [6.07, 6.45) is -4.82. The number of aliphatic hydroxyl groups is 1. The van der Waals surface area contributed by atoms with Gasteiger partial charge in [-0.3, -0.25) is 4.79 Å². The van der Waals surface area contributed by atoms with Crippen molar-refractivity contribution in [3.63, 3.8) is 0 Å². The van der Waals surface area contributed by atoms with Crippen LogP contribution >= 0.6 is 11.6 Å². The highest BCUT2D eigenvalue weighted by atomic mass is 35.5. The molecule has 0 saturated heterocycles. The number of carbonyl (C=O) groups excluding carboxylic acids is 1. The molecule has 4 nitrogen and oxygen atoms in total. The van der Waals surface area contributed by atoms with Gasteiger partial charge in [0.05, 0.1) is 0 Å². The topological polar surface area (TPSA) is 62.2 Å². The zero-order valence-electron chi connectivity index (χ0n) is 10.2. The Morgan fingerprint density at radius 3 is 2.80 bits per heavy atom. The Morgan fingerprint density at radius 1 is 1.40 bits per heavy atom. The first kappa shape index (κ1) is 14.6. The number of hydrogen-bond acceptors (Lipinski definition) is 3. The quantitative estimate of drug-likeness (QED) is 0.851. The lowest BCUT2D eigenvalue weighted by Crippen LogP contribution is -2.36. The van der Waals surface area contributed by atoms with Crippen LogP contribution < -0.4 is 5.32 Å². The van der Waals surface area contributed by atoms with E-state index in [1.807, 2.05) is 0 Å². The van der Waals surface area contributed by atoms with Crippen molar-refractivity contribution in [2.75, 3.05) is 6.54 Å². The van der Waals surface area contributed by atoms with Crippen molar-refractivity contribution in [3.8, 4) is 0 Å². The van der Waals surface area contributed by atoms with Crippen molar-refractivity contribution in [1.29, 1.82) is 0 Å². The number of nitrogens with one attached hydrogen (secondary N) is 1. The molecular weight excluding hydrogens is 290 g/mol. The van der Waals surface area contributed by atoms with Gasteiger partial charge in [0.2, 0.25) is 0 Å². The number of hydrogen-bond donors (Lipinski definition) is 2. The normalized spacial score (nSPS) is 12.7. The lowest BCUT2D eigenvalue weighted by atomic mass is 10.1. The molecule has 0 saturated carbocycles. The Hall–Kier alpha value is -1.79. The molecule has 20 heavy (non-hydrogen) atoms. The van der Waals surface area contributed by atoms with E-state index < -0.39 is 25.0 Å². The van der Waals surface area contributed by atoms with Gasteiger partial charge in [-0.2, -0.15) is 0 Å². The second-order valence-electron chi connectivity index (χ2n) is 4.13. The Bertz CT molecular complexity index is 637. The molecule has 0 aliphatic carbocycles. The first-order valence-corrected chi connectivity index (χ1v) is 6.16. The highest BCUT2D eigenvalue weighted by Gasteiger charge is 2.18. The van der Waals surface area contributed by atoms with E-state index in [1.165, 1.54) is 6.07 Å². The number of aliphatic hydroxyl groups excluding tert-OH is 1. The molecule has 0 bridgehead atoms. The van der Waals surface area contributed by atoms with Gasteiger partial charge in [0.15, 0.2) is 0 Å². The molecule has 0 spiro atoms. The third kappa shape index (κ3) is 3.20. The monoisotopic (exact) mass is 300 g/mol. The van der Waals surface area contributed by atoms with Gasteiger partial charge in [-0.05, 0) is 11.5 Å². The number of amides is 1. The molecule has 0 fully saturated rings. The molecule has 0 radical (unpaired) electrons. The largest absolute Gasteiger partial charge is 0.385 e. The van der Waals surface area contributed by atoms with Crippen LogP contribution in [-0.2, 0) is 0 Å². The van der Waals surface area contributed by atoms with Crippen molar-refractivity contribution in [2.24, 2.45) is 0 Å². The maximum Gasteiger partial charge on any atom is 0.270 e. The van der Waals surface area contributed by atoms with Crippen molar-refractivity contribution < 1.29 is 18.7 Å². The molecule has 106 valence electrons. The Labute approximate surface area is 118 Å². The van der Waals surface area contributed by atoms with Crippen LogP contribution in [0.4, 0.5) is 8.78 Å². The van der Waals surface area contributed by atoms with Crippen molar-refractivity contribution >= 4 is 28.3 Å². The van der Waals surface area contributed by atoms with Gasteiger partial charge in [-0.15, -0.1) is 0 Å². The zero-order chi connectivity index (χ0) is 14.7. The van der Waals surface area contributed by atoms with Crippen LogP contribution in [0.3, 0.4) is 0 Å². The van der Waals surface area contributed by atoms with Crippen molar-refractivity contribution in [1.82, 2.24) is 10.3 Å². The first-order chi connectivity index (χ1) is 9.49. The van der Waals surface area contributed by atoms with Crippen LogP contribution in [-0.4, -0.2) is 35.1 Å². The molecule has 0 aliphatic heterocycles. The maximum atomic E-state index is 12.1. The fraction of sp³-hybridized carbons (Fsp3) is 0.231. The molecule has 0 aliphatic rings. The van der Waals surface area contributed by atoms with Crippen LogP contribution in [0.25, 0.3) is 10.8 Å². The van der Waals surface area contributed by atoms with Crippen molar-refractivity contribution in [3.05, 3.63) is 41.2 Å². The first-order valence-electron chi connectivity index (χ1n) is 5.78. The van der Waals surface area contributed by atoms with Crippen LogP contribution in [0.15, 0.2) is 30.3 Å². The van der Waals surface area contributed by atoms with Gasteiger partial charge in [0, 0.05) is 11.9 Å². The Kier molecular flexibility index (Phi) is 4.46. The summed E-state index contributed by atoms with van der Waals surface area (Å²) in [5.41, 5.74) is 0.00941. The van der Waals surface area contributed by atoms with Gasteiger partial charge in [-0.25, -0.2) is 13.8 Å². The summed E-state index contributed by atoms with van der Waals surface area (Å²) in [6.45, 7) is -0.553. The van der Waals surface area contributed by atoms with E-state index in [9.17, 15) is 13.6 Å². The summed E-state index contributed by atoms with van der Waals surface area (Å²) in [7, 11) is 0. The summed E-state index contributed by atoms with van der Waals surface area (Å²) in [5, 5.41) is 12.7. The van der Waals surface area contributed by atoms with Gasteiger partial charge in [0.25, 0.3) is 12.3 Å². The van der Waals surface area contributed by atoms with E-state index in [0.717, 1.165) is 0 Å². The number of alkyl halides is 2. The number of rotatable bonds is 4.